The van der Waals surface area contributed by atoms with Crippen molar-refractivity contribution in [3.8, 4) is 28.1 Å². The van der Waals surface area contributed by atoms with Crippen molar-refractivity contribution in [3.63, 3.8) is 0 Å². The molecular weight excluding hydrogens is 428 g/mol. The fraction of sp³-hybridized carbons (Fsp3) is 0.222. The van der Waals surface area contributed by atoms with E-state index < -0.39 is 5.97 Å². The molecular formula is C27H28N4O3. The van der Waals surface area contributed by atoms with Crippen LogP contribution in [0.25, 0.3) is 22.4 Å². The van der Waals surface area contributed by atoms with Gasteiger partial charge in [0.1, 0.15) is 23.9 Å². The lowest BCUT2D eigenvalue weighted by Crippen LogP contribution is -2.06. The predicted molar refractivity (Wildman–Crippen MR) is 132 cm³/mol. The summed E-state index contributed by atoms with van der Waals surface area (Å²) in [5, 5.41) is 7.22. The van der Waals surface area contributed by atoms with Gasteiger partial charge in [-0.1, -0.05) is 50.2 Å². The zero-order valence-electron chi connectivity index (χ0n) is 19.5. The molecule has 0 bridgehead atoms. The summed E-state index contributed by atoms with van der Waals surface area (Å²) >= 11 is 0. The first-order chi connectivity index (χ1) is 16.5. The quantitative estimate of drug-likeness (QED) is 0.335. The number of nitrogen functional groups attached to an aromatic ring is 1. The number of nitrogens with two attached hydrogens (primary N) is 1. The summed E-state index contributed by atoms with van der Waals surface area (Å²) in [5.74, 6) is 1.13. The number of pyridine rings is 1. The van der Waals surface area contributed by atoms with Gasteiger partial charge in [0.25, 0.3) is 0 Å². The van der Waals surface area contributed by atoms with Crippen molar-refractivity contribution in [1.82, 2.24) is 15.2 Å². The van der Waals surface area contributed by atoms with Crippen LogP contribution < -0.4 is 10.5 Å². The maximum Gasteiger partial charge on any atom is 0.357 e. The van der Waals surface area contributed by atoms with Crippen LogP contribution >= 0.6 is 0 Å². The number of carbonyl (C=O) groups excluding carboxylic acids is 1. The largest absolute Gasteiger partial charge is 0.489 e. The maximum absolute atomic E-state index is 12.6. The van der Waals surface area contributed by atoms with E-state index >= 15 is 0 Å². The number of aromatic amines is 1. The first-order valence-corrected chi connectivity index (χ1v) is 11.3. The third-order valence-electron chi connectivity index (χ3n) is 5.50. The number of hydrogen-bond donors (Lipinski definition) is 2. The van der Waals surface area contributed by atoms with Gasteiger partial charge in [-0.15, -0.1) is 0 Å². The zero-order chi connectivity index (χ0) is 24.1. The van der Waals surface area contributed by atoms with Gasteiger partial charge in [-0.2, -0.15) is 5.10 Å². The number of aromatic nitrogens is 3. The Morgan fingerprint density at radius 3 is 2.41 bits per heavy atom. The molecule has 0 radical (unpaired) electrons. The number of carbonyl (C=O) groups is 1. The van der Waals surface area contributed by atoms with Gasteiger partial charge in [0.05, 0.1) is 6.61 Å². The molecule has 0 saturated heterocycles. The molecule has 4 rings (SSSR count). The molecule has 4 aromatic rings. The van der Waals surface area contributed by atoms with Gasteiger partial charge in [-0.25, -0.2) is 9.78 Å². The summed E-state index contributed by atoms with van der Waals surface area (Å²) in [7, 11) is 0. The predicted octanol–water partition coefficient (Wildman–Crippen LogP) is 5.60. The zero-order valence-corrected chi connectivity index (χ0v) is 19.5. The number of ether oxygens (including phenoxy) is 2. The van der Waals surface area contributed by atoms with Crippen molar-refractivity contribution < 1.29 is 14.3 Å². The van der Waals surface area contributed by atoms with Crippen LogP contribution in [0.2, 0.25) is 0 Å². The van der Waals surface area contributed by atoms with Crippen LogP contribution in [0.3, 0.4) is 0 Å². The SMILES string of the molecule is CCOC(=O)c1[nH]nc(-c2ccnc(N)c2)c1-c1ccc(OCc2ccc(C(C)C)cc2)cc1. The Labute approximate surface area is 199 Å². The molecule has 0 spiro atoms. The van der Waals surface area contributed by atoms with E-state index in [0.29, 0.717) is 29.6 Å². The number of nitrogens with zero attached hydrogens (tertiary/aromatic N) is 2. The molecule has 174 valence electrons. The second-order valence-electron chi connectivity index (χ2n) is 8.22. The highest BCUT2D eigenvalue weighted by Crippen LogP contribution is 2.35. The Morgan fingerprint density at radius 2 is 1.76 bits per heavy atom. The number of esters is 1. The van der Waals surface area contributed by atoms with Crippen LogP contribution in [0.4, 0.5) is 5.82 Å². The second-order valence-corrected chi connectivity index (χ2v) is 8.22. The van der Waals surface area contributed by atoms with Crippen molar-refractivity contribution in [1.29, 1.82) is 0 Å². The summed E-state index contributed by atoms with van der Waals surface area (Å²) in [5.41, 5.74) is 11.3. The average Bonchev–Trinajstić information content (AvgIpc) is 3.29. The van der Waals surface area contributed by atoms with E-state index in [4.69, 9.17) is 15.2 Å². The summed E-state index contributed by atoms with van der Waals surface area (Å²) in [6, 6.07) is 19.5. The Balaban J connectivity index is 1.59. The highest BCUT2D eigenvalue weighted by Gasteiger charge is 2.23. The number of rotatable bonds is 8. The summed E-state index contributed by atoms with van der Waals surface area (Å²) in [6.45, 7) is 6.85. The number of anilines is 1. The summed E-state index contributed by atoms with van der Waals surface area (Å²) in [4.78, 5) is 16.6. The highest BCUT2D eigenvalue weighted by molar-refractivity contribution is 6.00. The van der Waals surface area contributed by atoms with Gasteiger partial charge in [0, 0.05) is 17.3 Å². The molecule has 0 unspecified atom stereocenters. The van der Waals surface area contributed by atoms with Crippen molar-refractivity contribution >= 4 is 11.8 Å². The van der Waals surface area contributed by atoms with Crippen LogP contribution in [0.15, 0.2) is 66.9 Å². The average molecular weight is 457 g/mol. The van der Waals surface area contributed by atoms with E-state index in [1.54, 1.807) is 25.3 Å². The monoisotopic (exact) mass is 456 g/mol. The molecule has 2 aromatic heterocycles. The first kappa shape index (κ1) is 23.0. The topological polar surface area (TPSA) is 103 Å². The summed E-state index contributed by atoms with van der Waals surface area (Å²) in [6.07, 6.45) is 1.61. The Morgan fingerprint density at radius 1 is 1.03 bits per heavy atom. The lowest BCUT2D eigenvalue weighted by Gasteiger charge is -2.10. The van der Waals surface area contributed by atoms with E-state index in [1.165, 1.54) is 5.56 Å². The minimum absolute atomic E-state index is 0.264. The number of hydrogen-bond acceptors (Lipinski definition) is 6. The van der Waals surface area contributed by atoms with E-state index in [0.717, 1.165) is 22.4 Å². The number of benzene rings is 2. The van der Waals surface area contributed by atoms with Gasteiger partial charge in [-0.3, -0.25) is 5.10 Å². The van der Waals surface area contributed by atoms with E-state index in [9.17, 15) is 4.79 Å². The molecule has 0 aliphatic carbocycles. The fourth-order valence-corrected chi connectivity index (χ4v) is 3.66. The molecule has 2 heterocycles. The summed E-state index contributed by atoms with van der Waals surface area (Å²) < 4.78 is 11.2. The molecule has 0 amide bonds. The van der Waals surface area contributed by atoms with Crippen LogP contribution in [-0.4, -0.2) is 27.8 Å². The molecule has 0 aliphatic heterocycles. The molecule has 0 fully saturated rings. The van der Waals surface area contributed by atoms with Crippen LogP contribution in [0, 0.1) is 0 Å². The second kappa shape index (κ2) is 10.2. The van der Waals surface area contributed by atoms with Gasteiger partial charge in [0.15, 0.2) is 5.69 Å². The fourth-order valence-electron chi connectivity index (χ4n) is 3.66. The van der Waals surface area contributed by atoms with Crippen molar-refractivity contribution in [2.45, 2.75) is 33.3 Å². The third kappa shape index (κ3) is 5.09. The molecule has 0 saturated carbocycles. The molecule has 7 nitrogen and oxygen atoms in total. The Kier molecular flexibility index (Phi) is 6.92. The lowest BCUT2D eigenvalue weighted by atomic mass is 9.99. The van der Waals surface area contributed by atoms with Gasteiger partial charge < -0.3 is 15.2 Å². The molecule has 3 N–H and O–H groups in total. The highest BCUT2D eigenvalue weighted by atomic mass is 16.5. The molecule has 0 aliphatic rings. The Hall–Kier alpha value is -4.13. The van der Waals surface area contributed by atoms with Gasteiger partial charge in [-0.05, 0) is 53.8 Å². The molecule has 7 heteroatoms. The minimum atomic E-state index is -0.469. The van der Waals surface area contributed by atoms with Crippen molar-refractivity contribution in [2.24, 2.45) is 0 Å². The van der Waals surface area contributed by atoms with Crippen LogP contribution in [0.1, 0.15) is 48.3 Å². The van der Waals surface area contributed by atoms with Crippen LogP contribution in [0.5, 0.6) is 5.75 Å². The minimum Gasteiger partial charge on any atom is -0.489 e. The molecule has 34 heavy (non-hydrogen) atoms. The maximum atomic E-state index is 12.6. The van der Waals surface area contributed by atoms with E-state index in [1.807, 2.05) is 24.3 Å². The van der Waals surface area contributed by atoms with Gasteiger partial charge in [0.2, 0.25) is 0 Å². The third-order valence-corrected chi connectivity index (χ3v) is 5.50. The first-order valence-electron chi connectivity index (χ1n) is 11.3. The van der Waals surface area contributed by atoms with Crippen molar-refractivity contribution in [2.75, 3.05) is 12.3 Å². The number of nitrogens with one attached hydrogen (secondary N) is 1. The van der Waals surface area contributed by atoms with Gasteiger partial charge >= 0.3 is 5.97 Å². The molecule has 0 atom stereocenters. The van der Waals surface area contributed by atoms with E-state index in [2.05, 4.69) is 53.3 Å². The Bertz CT molecular complexity index is 1260. The van der Waals surface area contributed by atoms with Crippen LogP contribution in [-0.2, 0) is 11.3 Å². The molecule has 2 aromatic carbocycles. The smallest absolute Gasteiger partial charge is 0.357 e. The standard InChI is InChI=1S/C27H28N4O3/c1-4-33-27(32)26-24(25(30-31-26)21-13-14-29-23(28)15-21)20-9-11-22(12-10-20)34-16-18-5-7-19(8-6-18)17(2)3/h5-15,17H,4,16H2,1-3H3,(H2,28,29)(H,30,31). The normalized spacial score (nSPS) is 10.9. The van der Waals surface area contributed by atoms with E-state index in [-0.39, 0.29) is 12.3 Å². The lowest BCUT2D eigenvalue weighted by molar-refractivity contribution is 0.0520. The van der Waals surface area contributed by atoms with Crippen molar-refractivity contribution in [3.05, 3.63) is 83.7 Å². The number of H-pyrrole nitrogens is 1.